The molecule has 0 bridgehead atoms. The molecule has 0 aliphatic carbocycles. The lowest BCUT2D eigenvalue weighted by Gasteiger charge is -2.36. The average Bonchev–Trinajstić information content (AvgIpc) is 3.47. The van der Waals surface area contributed by atoms with Gasteiger partial charge in [0.2, 0.25) is 5.75 Å². The van der Waals surface area contributed by atoms with Crippen LogP contribution in [0.5, 0.6) is 5.75 Å². The van der Waals surface area contributed by atoms with Gasteiger partial charge in [-0.15, -0.1) is 0 Å². The third kappa shape index (κ3) is 8.64. The normalized spacial score (nSPS) is 13.9. The number of benzene rings is 2. The molecule has 0 saturated carbocycles. The van der Waals surface area contributed by atoms with Crippen LogP contribution in [0, 0.1) is 6.92 Å². The minimum atomic E-state index is -3.73. The number of aryl methyl sites for hydroxylation is 1. The second kappa shape index (κ2) is 15.4. The van der Waals surface area contributed by atoms with Gasteiger partial charge >= 0.3 is 0 Å². The van der Waals surface area contributed by atoms with Crippen molar-refractivity contribution in [2.75, 3.05) is 84.8 Å². The summed E-state index contributed by atoms with van der Waals surface area (Å²) < 4.78 is 32.7. The highest BCUT2D eigenvalue weighted by Gasteiger charge is 2.26. The summed E-state index contributed by atoms with van der Waals surface area (Å²) in [6, 6.07) is 15.3. The molecule has 0 atom stereocenters. The van der Waals surface area contributed by atoms with Gasteiger partial charge in [0.15, 0.2) is 32.4 Å². The summed E-state index contributed by atoms with van der Waals surface area (Å²) in [6.45, 7) is 7.27. The Morgan fingerprint density at radius 3 is 2.35 bits per heavy atom. The Hall–Kier alpha value is -4.18. The van der Waals surface area contributed by atoms with E-state index in [4.69, 9.17) is 14.7 Å². The lowest BCUT2D eigenvalue weighted by Crippen LogP contribution is -2.48. The van der Waals surface area contributed by atoms with Crippen molar-refractivity contribution in [2.45, 2.75) is 27.6 Å². The van der Waals surface area contributed by atoms with E-state index in [9.17, 15) is 13.2 Å². The topological polar surface area (TPSA) is 140 Å². The minimum absolute atomic E-state index is 0.165. The van der Waals surface area contributed by atoms with Crippen molar-refractivity contribution < 1.29 is 17.9 Å². The smallest absolute Gasteiger partial charge is 0.253 e. The number of sulfone groups is 1. The molecule has 3 heterocycles. The monoisotopic (exact) mass is 693 g/mol. The number of nitrogens with zero attached hydrogens (tertiary/aromatic N) is 7. The fraction of sp³-hybridized carbons (Fsp3) is 0.394. The first-order valence-electron chi connectivity index (χ1n) is 15.6. The molecule has 0 unspecified atom stereocenters. The van der Waals surface area contributed by atoms with E-state index in [1.807, 2.05) is 13.0 Å². The van der Waals surface area contributed by atoms with E-state index < -0.39 is 9.84 Å². The number of methoxy groups -OCH3 is 1. The SMILES string of the molecule is COc1c(Nc2cc(C)[nH]n2)nc(Sc2ccc(S(=O)(=O)Cc3ccccc3C(=O)N(C)C)cc2)nc1N1CCN(CCN(C)C)CC1. The molecule has 2 aromatic carbocycles. The van der Waals surface area contributed by atoms with Gasteiger partial charge in [0, 0.05) is 75.6 Å². The zero-order chi connectivity index (χ0) is 34.4. The van der Waals surface area contributed by atoms with Crippen molar-refractivity contribution in [3.8, 4) is 5.75 Å². The summed E-state index contributed by atoms with van der Waals surface area (Å²) in [7, 11) is 5.33. The molecule has 48 heavy (non-hydrogen) atoms. The van der Waals surface area contributed by atoms with Crippen LogP contribution in [0.25, 0.3) is 0 Å². The molecule has 1 aliphatic rings. The minimum Gasteiger partial charge on any atom is -0.490 e. The maximum Gasteiger partial charge on any atom is 0.253 e. The summed E-state index contributed by atoms with van der Waals surface area (Å²) in [5.74, 6) is 1.76. The van der Waals surface area contributed by atoms with E-state index in [0.29, 0.717) is 39.5 Å². The van der Waals surface area contributed by atoms with Crippen LogP contribution in [0.2, 0.25) is 0 Å². The molecule has 5 rings (SSSR count). The van der Waals surface area contributed by atoms with Crippen LogP contribution >= 0.6 is 11.8 Å². The highest BCUT2D eigenvalue weighted by atomic mass is 32.2. The van der Waals surface area contributed by atoms with Crippen molar-refractivity contribution in [1.82, 2.24) is 34.9 Å². The Kier molecular flexibility index (Phi) is 11.2. The lowest BCUT2D eigenvalue weighted by atomic mass is 10.1. The zero-order valence-electron chi connectivity index (χ0n) is 28.2. The Morgan fingerprint density at radius 2 is 1.73 bits per heavy atom. The van der Waals surface area contributed by atoms with E-state index >= 15 is 0 Å². The molecule has 15 heteroatoms. The number of amides is 1. The van der Waals surface area contributed by atoms with Crippen LogP contribution in [0.4, 0.5) is 17.5 Å². The number of aromatic amines is 1. The lowest BCUT2D eigenvalue weighted by molar-refractivity contribution is 0.0827. The van der Waals surface area contributed by atoms with Crippen molar-refractivity contribution >= 4 is 45.0 Å². The molecular formula is C33H43N9O4S2. The van der Waals surface area contributed by atoms with Gasteiger partial charge in [-0.3, -0.25) is 14.8 Å². The van der Waals surface area contributed by atoms with Crippen LogP contribution in [-0.4, -0.2) is 124 Å². The van der Waals surface area contributed by atoms with Gasteiger partial charge in [-0.1, -0.05) is 18.2 Å². The van der Waals surface area contributed by atoms with Gasteiger partial charge in [-0.2, -0.15) is 5.10 Å². The summed E-state index contributed by atoms with van der Waals surface area (Å²) >= 11 is 1.33. The van der Waals surface area contributed by atoms with E-state index in [2.05, 4.69) is 44.3 Å². The van der Waals surface area contributed by atoms with Gasteiger partial charge in [0.1, 0.15) is 0 Å². The summed E-state index contributed by atoms with van der Waals surface area (Å²) in [4.78, 5) is 31.6. The Morgan fingerprint density at radius 1 is 1.02 bits per heavy atom. The fourth-order valence-electron chi connectivity index (χ4n) is 5.28. The molecule has 0 spiro atoms. The predicted octanol–water partition coefficient (Wildman–Crippen LogP) is 3.77. The largest absolute Gasteiger partial charge is 0.490 e. The first kappa shape index (κ1) is 35.1. The first-order chi connectivity index (χ1) is 22.9. The predicted molar refractivity (Wildman–Crippen MR) is 188 cm³/mol. The number of likely N-dealkylation sites (N-methyl/N-ethyl adjacent to an activating group) is 1. The molecule has 1 aliphatic heterocycles. The average molecular weight is 694 g/mol. The molecule has 1 amide bonds. The number of piperazine rings is 1. The zero-order valence-corrected chi connectivity index (χ0v) is 29.9. The molecule has 1 saturated heterocycles. The van der Waals surface area contributed by atoms with Crippen LogP contribution in [-0.2, 0) is 15.6 Å². The van der Waals surface area contributed by atoms with E-state index in [0.717, 1.165) is 49.9 Å². The van der Waals surface area contributed by atoms with Crippen molar-refractivity contribution in [3.63, 3.8) is 0 Å². The summed E-state index contributed by atoms with van der Waals surface area (Å²) in [5.41, 5.74) is 1.73. The third-order valence-electron chi connectivity index (χ3n) is 7.91. The van der Waals surface area contributed by atoms with E-state index in [-0.39, 0.29) is 16.6 Å². The van der Waals surface area contributed by atoms with Crippen LogP contribution in [0.1, 0.15) is 21.6 Å². The van der Waals surface area contributed by atoms with Crippen molar-refractivity contribution in [3.05, 3.63) is 71.4 Å². The number of rotatable bonds is 13. The highest BCUT2D eigenvalue weighted by molar-refractivity contribution is 7.99. The number of hydrogen-bond acceptors (Lipinski definition) is 12. The highest BCUT2D eigenvalue weighted by Crippen LogP contribution is 2.38. The molecule has 4 aromatic rings. The van der Waals surface area contributed by atoms with Gasteiger partial charge in [-0.25, -0.2) is 18.4 Å². The molecule has 0 radical (unpaired) electrons. The van der Waals surface area contributed by atoms with Gasteiger partial charge < -0.3 is 24.8 Å². The van der Waals surface area contributed by atoms with Gasteiger partial charge in [-0.05, 0) is 68.7 Å². The number of anilines is 3. The number of nitrogens with one attached hydrogen (secondary N) is 2. The standard InChI is InChI=1S/C33H43N9O4S2/c1-23-21-28(38-37-23)34-30-29(46-6)31(42-19-17-41(18-20-42)16-15-39(2)3)36-33(35-30)47-25-11-13-26(14-12-25)48(44,45)22-24-9-7-8-10-27(24)32(43)40(4)5/h7-14,21H,15-20,22H2,1-6H3,(H2,34,35,36,37,38). The molecule has 2 aromatic heterocycles. The number of hydrogen-bond donors (Lipinski definition) is 2. The summed E-state index contributed by atoms with van der Waals surface area (Å²) in [6.07, 6.45) is 0. The number of H-pyrrole nitrogens is 1. The molecular weight excluding hydrogens is 651 g/mol. The number of aromatic nitrogens is 4. The van der Waals surface area contributed by atoms with E-state index in [1.165, 1.54) is 16.7 Å². The fourth-order valence-corrected chi connectivity index (χ4v) is 7.41. The molecule has 256 valence electrons. The maximum absolute atomic E-state index is 13.4. The molecule has 2 N–H and O–H groups in total. The maximum atomic E-state index is 13.4. The van der Waals surface area contributed by atoms with Crippen molar-refractivity contribution in [1.29, 1.82) is 0 Å². The Balaban J connectivity index is 1.39. The number of carbonyl (C=O) groups excluding carboxylic acids is 1. The first-order valence-corrected chi connectivity index (χ1v) is 18.1. The van der Waals surface area contributed by atoms with Crippen LogP contribution in [0.3, 0.4) is 0 Å². The van der Waals surface area contributed by atoms with E-state index in [1.54, 1.807) is 69.7 Å². The number of ether oxygens (including phenoxy) is 1. The molecule has 13 nitrogen and oxygen atoms in total. The van der Waals surface area contributed by atoms with Crippen LogP contribution < -0.4 is 15.0 Å². The summed E-state index contributed by atoms with van der Waals surface area (Å²) in [5, 5.41) is 11.0. The van der Waals surface area contributed by atoms with Gasteiger partial charge in [0.25, 0.3) is 5.91 Å². The number of carbonyl (C=O) groups is 1. The third-order valence-corrected chi connectivity index (χ3v) is 10.5. The second-order valence-corrected chi connectivity index (χ2v) is 15.1. The van der Waals surface area contributed by atoms with Gasteiger partial charge in [0.05, 0.1) is 17.8 Å². The molecule has 1 fully saturated rings. The Labute approximate surface area is 286 Å². The Bertz CT molecular complexity index is 1820. The second-order valence-electron chi connectivity index (χ2n) is 12.1. The van der Waals surface area contributed by atoms with Crippen LogP contribution in [0.15, 0.2) is 69.5 Å². The quantitative estimate of drug-likeness (QED) is 0.197. The van der Waals surface area contributed by atoms with Crippen molar-refractivity contribution in [2.24, 2.45) is 0 Å².